The van der Waals surface area contributed by atoms with Gasteiger partial charge in [0.2, 0.25) is 0 Å². The van der Waals surface area contributed by atoms with Gasteiger partial charge in [-0.2, -0.15) is 8.42 Å². The van der Waals surface area contributed by atoms with Crippen LogP contribution in [0.15, 0.2) is 12.7 Å². The molecule has 0 heterocycles. The third kappa shape index (κ3) is 17.6. The molecular formula is C8H21N2O6S+. The van der Waals surface area contributed by atoms with E-state index in [2.05, 4.69) is 10.8 Å². The van der Waals surface area contributed by atoms with Crippen molar-refractivity contribution in [3.05, 3.63) is 12.7 Å². The summed E-state index contributed by atoms with van der Waals surface area (Å²) in [6.45, 7) is 5.98. The van der Waals surface area contributed by atoms with E-state index >= 15 is 0 Å². The van der Waals surface area contributed by atoms with Crippen LogP contribution in [-0.2, 0) is 24.2 Å². The third-order valence-corrected chi connectivity index (χ3v) is 1.90. The predicted molar refractivity (Wildman–Crippen MR) is 62.5 cm³/mol. The molecule has 0 spiro atoms. The Balaban J connectivity index is -0.000000244. The van der Waals surface area contributed by atoms with Crippen LogP contribution in [0.4, 0.5) is 0 Å². The van der Waals surface area contributed by atoms with Crippen LogP contribution in [0.5, 0.6) is 0 Å². The van der Waals surface area contributed by atoms with Crippen molar-refractivity contribution in [3.8, 4) is 0 Å². The zero-order valence-corrected chi connectivity index (χ0v) is 11.4. The molecule has 0 aliphatic carbocycles. The van der Waals surface area contributed by atoms with Crippen molar-refractivity contribution in [1.29, 1.82) is 0 Å². The van der Waals surface area contributed by atoms with Crippen molar-refractivity contribution >= 4 is 16.4 Å². The molecule has 0 saturated carbocycles. The van der Waals surface area contributed by atoms with E-state index in [1.807, 2.05) is 6.92 Å². The van der Waals surface area contributed by atoms with E-state index in [9.17, 15) is 13.2 Å². The fourth-order valence-corrected chi connectivity index (χ4v) is 0.345. The number of carbonyl (C=O) groups excluding carboxylic acids is 1. The Morgan fingerprint density at radius 2 is 1.82 bits per heavy atom. The second kappa shape index (κ2) is 9.07. The summed E-state index contributed by atoms with van der Waals surface area (Å²) in [6.07, 6.45) is 1.16. The predicted octanol–water partition coefficient (Wildman–Crippen LogP) is 0.325. The van der Waals surface area contributed by atoms with E-state index in [1.165, 1.54) is 0 Å². The van der Waals surface area contributed by atoms with Crippen molar-refractivity contribution in [2.75, 3.05) is 27.7 Å². The molecule has 0 aliphatic heterocycles. The lowest BCUT2D eigenvalue weighted by Gasteiger charge is -2.23. The minimum atomic E-state index is -4.16. The van der Waals surface area contributed by atoms with Gasteiger partial charge >= 0.3 is 16.4 Å². The highest BCUT2D eigenvalue weighted by Crippen LogP contribution is 1.97. The molecule has 0 amide bonds. The Morgan fingerprint density at radius 3 is 2.00 bits per heavy atom. The lowest BCUT2D eigenvalue weighted by Crippen LogP contribution is -2.40. The van der Waals surface area contributed by atoms with Gasteiger partial charge in [-0.15, -0.1) is 4.65 Å². The van der Waals surface area contributed by atoms with E-state index in [0.29, 0.717) is 0 Å². The molecule has 0 atom stereocenters. The van der Waals surface area contributed by atoms with Gasteiger partial charge in [-0.25, -0.2) is 4.79 Å². The number of carbonyl (C=O) groups is 1. The van der Waals surface area contributed by atoms with E-state index < -0.39 is 10.4 Å². The van der Waals surface area contributed by atoms with Gasteiger partial charge in [-0.3, -0.25) is 13.6 Å². The minimum absolute atomic E-state index is 0. The van der Waals surface area contributed by atoms with Crippen LogP contribution < -0.4 is 6.15 Å². The first-order chi connectivity index (χ1) is 7.08. The van der Waals surface area contributed by atoms with Gasteiger partial charge in [0.05, 0.1) is 7.11 Å². The number of hydrogen-bond acceptors (Lipinski definition) is 6. The molecule has 0 aromatic rings. The quantitative estimate of drug-likeness (QED) is 0.327. The molecule has 0 radical (unpaired) electrons. The van der Waals surface area contributed by atoms with Crippen LogP contribution in [0.2, 0.25) is 0 Å². The summed E-state index contributed by atoms with van der Waals surface area (Å²) in [5, 5.41) is 0. The molecule has 0 fully saturated rings. The highest BCUT2D eigenvalue weighted by molar-refractivity contribution is 7.80. The van der Waals surface area contributed by atoms with Gasteiger partial charge in [0, 0.05) is 6.08 Å². The molecule has 0 bridgehead atoms. The van der Waals surface area contributed by atoms with Crippen molar-refractivity contribution in [1.82, 2.24) is 6.15 Å². The molecule has 0 saturated heterocycles. The second-order valence-electron chi connectivity index (χ2n) is 3.10. The van der Waals surface area contributed by atoms with Crippen LogP contribution >= 0.6 is 0 Å². The molecule has 8 nitrogen and oxygen atoms in total. The van der Waals surface area contributed by atoms with Gasteiger partial charge in [0.25, 0.3) is 0 Å². The lowest BCUT2D eigenvalue weighted by molar-refractivity contribution is -1.06. The van der Waals surface area contributed by atoms with E-state index in [1.54, 1.807) is 14.1 Å². The van der Waals surface area contributed by atoms with Gasteiger partial charge in [-0.05, 0) is 6.92 Å². The number of nitrogens with zero attached hydrogens (tertiary/aromatic N) is 1. The number of quaternary nitrogens is 1. The maximum Gasteiger partial charge on any atom is 0.397 e. The normalized spacial score (nSPS) is 10.4. The average molecular weight is 273 g/mol. The van der Waals surface area contributed by atoms with Crippen LogP contribution in [0.1, 0.15) is 6.92 Å². The molecule has 104 valence electrons. The molecular weight excluding hydrogens is 252 g/mol. The largest absolute Gasteiger partial charge is 0.397 e. The highest BCUT2D eigenvalue weighted by atomic mass is 32.3. The smallest absolute Gasteiger partial charge is 0.344 e. The van der Waals surface area contributed by atoms with Gasteiger partial charge in [-0.1, -0.05) is 6.58 Å². The number of hydroxylamine groups is 3. The van der Waals surface area contributed by atoms with Crippen LogP contribution in [-0.4, -0.2) is 51.3 Å². The van der Waals surface area contributed by atoms with E-state index in [-0.39, 0.29) is 16.8 Å². The first-order valence-corrected chi connectivity index (χ1v) is 5.66. The SMILES string of the molecule is C=CC(=O)O[N+](C)(C)CC.COS(=O)(=O)O.N. The summed E-state index contributed by atoms with van der Waals surface area (Å²) in [7, 11) is 0.322. The van der Waals surface area contributed by atoms with Crippen molar-refractivity contribution < 1.29 is 31.4 Å². The molecule has 0 rings (SSSR count). The van der Waals surface area contributed by atoms with Gasteiger partial charge < -0.3 is 6.15 Å². The molecule has 4 N–H and O–H groups in total. The first-order valence-electron chi connectivity index (χ1n) is 4.30. The van der Waals surface area contributed by atoms with Crippen LogP contribution in [0, 0.1) is 0 Å². The van der Waals surface area contributed by atoms with Gasteiger partial charge in [0.1, 0.15) is 20.6 Å². The minimum Gasteiger partial charge on any atom is -0.344 e. The zero-order valence-electron chi connectivity index (χ0n) is 10.5. The summed E-state index contributed by atoms with van der Waals surface area (Å²) in [5.41, 5.74) is 0. The molecule has 0 aliphatic rings. The van der Waals surface area contributed by atoms with Crippen molar-refractivity contribution in [2.45, 2.75) is 6.92 Å². The third-order valence-electron chi connectivity index (χ3n) is 1.48. The fourth-order valence-electron chi connectivity index (χ4n) is 0.345. The van der Waals surface area contributed by atoms with E-state index in [0.717, 1.165) is 19.7 Å². The summed E-state index contributed by atoms with van der Waals surface area (Å²) in [6, 6.07) is 0. The van der Waals surface area contributed by atoms with Crippen molar-refractivity contribution in [3.63, 3.8) is 0 Å². The van der Waals surface area contributed by atoms with Crippen LogP contribution in [0.25, 0.3) is 0 Å². The number of hydrogen-bond donors (Lipinski definition) is 2. The summed E-state index contributed by atoms with van der Waals surface area (Å²) in [5.74, 6) is -0.383. The average Bonchev–Trinajstić information content (AvgIpc) is 2.17. The zero-order chi connectivity index (χ0) is 13.4. The first kappa shape index (κ1) is 21.3. The Morgan fingerprint density at radius 1 is 1.47 bits per heavy atom. The summed E-state index contributed by atoms with van der Waals surface area (Å²) < 4.78 is 29.9. The molecule has 17 heavy (non-hydrogen) atoms. The maximum absolute atomic E-state index is 10.6. The van der Waals surface area contributed by atoms with Gasteiger partial charge in [0.15, 0.2) is 0 Å². The molecule has 0 aromatic heterocycles. The Kier molecular flexibility index (Phi) is 11.4. The fraction of sp³-hybridized carbons (Fsp3) is 0.625. The Labute approximate surface area is 102 Å². The van der Waals surface area contributed by atoms with Crippen LogP contribution in [0.3, 0.4) is 0 Å². The topological polar surface area (TPSA) is 125 Å². The van der Waals surface area contributed by atoms with E-state index in [4.69, 9.17) is 9.39 Å². The summed E-state index contributed by atoms with van der Waals surface area (Å²) in [4.78, 5) is 15.5. The monoisotopic (exact) mass is 273 g/mol. The molecule has 0 aromatic carbocycles. The Hall–Kier alpha value is -1.00. The lowest BCUT2D eigenvalue weighted by atomic mass is 10.6. The highest BCUT2D eigenvalue weighted by Gasteiger charge is 2.16. The molecule has 9 heteroatoms. The van der Waals surface area contributed by atoms with Crippen molar-refractivity contribution in [2.24, 2.45) is 0 Å². The standard InChI is InChI=1S/C7H14NO2.CH4O4S.H3N/c1-5-7(9)10-8(3,4)6-2;1-5-6(2,3)4;/h5H,1,6H2,2-4H3;1H3,(H,2,3,4);1H3/q+1;;. The Bertz CT molecular complexity index is 325. The molecule has 0 unspecified atom stereocenters. The second-order valence-corrected chi connectivity index (χ2v) is 4.29. The summed E-state index contributed by atoms with van der Waals surface area (Å²) >= 11 is 0. The number of rotatable bonds is 4. The maximum atomic E-state index is 10.6.